The molecule has 1 atom stereocenters. The number of azo groups is 1. The topological polar surface area (TPSA) is 63.4 Å². The number of hydrogen-bond donors (Lipinski definition) is 1. The van der Waals surface area contributed by atoms with Gasteiger partial charge in [-0.25, -0.2) is 4.39 Å². The zero-order chi connectivity index (χ0) is 18.6. The number of halogens is 1. The van der Waals surface area contributed by atoms with E-state index in [9.17, 15) is 9.50 Å². The van der Waals surface area contributed by atoms with Crippen molar-refractivity contribution in [2.24, 2.45) is 10.2 Å². The van der Waals surface area contributed by atoms with Crippen molar-refractivity contribution in [1.29, 1.82) is 0 Å². The fraction of sp³-hybridized carbons (Fsp3) is 0.143. The molecule has 136 valence electrons. The number of hydrogen-bond acceptors (Lipinski definition) is 5. The van der Waals surface area contributed by atoms with Crippen molar-refractivity contribution >= 4 is 11.4 Å². The lowest BCUT2D eigenvalue weighted by atomic mass is 9.99. The normalized spacial score (nSPS) is 14.3. The first kappa shape index (κ1) is 17.2. The third-order valence-electron chi connectivity index (χ3n) is 4.18. The molecule has 0 radical (unpaired) electrons. The second-order valence-electron chi connectivity index (χ2n) is 6.05. The highest BCUT2D eigenvalue weighted by Crippen LogP contribution is 2.41. The minimum Gasteiger partial charge on any atom is -0.486 e. The molecule has 3 aromatic rings. The molecule has 1 aliphatic heterocycles. The van der Waals surface area contributed by atoms with Gasteiger partial charge in [-0.3, -0.25) is 0 Å². The predicted molar refractivity (Wildman–Crippen MR) is 98.5 cm³/mol. The van der Waals surface area contributed by atoms with Crippen LogP contribution >= 0.6 is 0 Å². The Balaban J connectivity index is 1.77. The highest BCUT2D eigenvalue weighted by atomic mass is 19.1. The second kappa shape index (κ2) is 7.55. The quantitative estimate of drug-likeness (QED) is 0.656. The first-order chi connectivity index (χ1) is 13.2. The third-order valence-corrected chi connectivity index (χ3v) is 4.18. The Morgan fingerprint density at radius 2 is 1.59 bits per heavy atom. The SMILES string of the molecule is O[C@H](c1cccc(F)c1)c1cc2c(cc1N=Nc1ccccc1)OCCO2. The summed E-state index contributed by atoms with van der Waals surface area (Å²) in [5.41, 5.74) is 1.99. The summed E-state index contributed by atoms with van der Waals surface area (Å²) in [6, 6.07) is 18.4. The molecule has 6 heteroatoms. The Morgan fingerprint density at radius 1 is 0.852 bits per heavy atom. The molecule has 0 aromatic heterocycles. The molecule has 27 heavy (non-hydrogen) atoms. The summed E-state index contributed by atoms with van der Waals surface area (Å²) >= 11 is 0. The van der Waals surface area contributed by atoms with Crippen molar-refractivity contribution in [2.75, 3.05) is 13.2 Å². The van der Waals surface area contributed by atoms with E-state index in [4.69, 9.17) is 9.47 Å². The summed E-state index contributed by atoms with van der Waals surface area (Å²) in [6.45, 7) is 0.863. The molecule has 4 rings (SSSR count). The Hall–Kier alpha value is -3.25. The van der Waals surface area contributed by atoms with E-state index in [0.717, 1.165) is 0 Å². The lowest BCUT2D eigenvalue weighted by molar-refractivity contribution is 0.170. The average molecular weight is 364 g/mol. The molecule has 0 saturated carbocycles. The molecular weight excluding hydrogens is 347 g/mol. The predicted octanol–water partition coefficient (Wildman–Crippen LogP) is 5.09. The minimum atomic E-state index is -1.08. The maximum absolute atomic E-state index is 13.6. The van der Waals surface area contributed by atoms with Gasteiger partial charge < -0.3 is 14.6 Å². The number of fused-ring (bicyclic) bond motifs is 1. The van der Waals surface area contributed by atoms with Crippen LogP contribution in [0.15, 0.2) is 77.0 Å². The van der Waals surface area contributed by atoms with Crippen molar-refractivity contribution in [3.8, 4) is 11.5 Å². The van der Waals surface area contributed by atoms with E-state index < -0.39 is 11.9 Å². The van der Waals surface area contributed by atoms with Crippen LogP contribution in [0.2, 0.25) is 0 Å². The number of aliphatic hydroxyl groups is 1. The van der Waals surface area contributed by atoms with Crippen LogP contribution in [0.4, 0.5) is 15.8 Å². The van der Waals surface area contributed by atoms with E-state index in [-0.39, 0.29) is 0 Å². The Labute approximate surface area is 155 Å². The maximum Gasteiger partial charge on any atom is 0.163 e. The van der Waals surface area contributed by atoms with Gasteiger partial charge in [-0.1, -0.05) is 30.3 Å². The second-order valence-corrected chi connectivity index (χ2v) is 6.05. The van der Waals surface area contributed by atoms with Crippen LogP contribution < -0.4 is 9.47 Å². The van der Waals surface area contributed by atoms with Crippen LogP contribution in [-0.2, 0) is 0 Å². The molecule has 0 spiro atoms. The molecule has 3 aromatic carbocycles. The van der Waals surface area contributed by atoms with Crippen LogP contribution in [0.1, 0.15) is 17.2 Å². The molecule has 0 aliphatic carbocycles. The van der Waals surface area contributed by atoms with Crippen molar-refractivity contribution in [1.82, 2.24) is 0 Å². The lowest BCUT2D eigenvalue weighted by Gasteiger charge is -2.21. The summed E-state index contributed by atoms with van der Waals surface area (Å²) < 4.78 is 24.8. The fourth-order valence-corrected chi connectivity index (χ4v) is 2.86. The van der Waals surface area contributed by atoms with Crippen molar-refractivity contribution < 1.29 is 19.0 Å². The highest BCUT2D eigenvalue weighted by molar-refractivity contribution is 5.60. The smallest absolute Gasteiger partial charge is 0.163 e. The zero-order valence-corrected chi connectivity index (χ0v) is 14.4. The van der Waals surface area contributed by atoms with Gasteiger partial charge in [0.2, 0.25) is 0 Å². The number of benzene rings is 3. The molecule has 0 fully saturated rings. The summed E-state index contributed by atoms with van der Waals surface area (Å²) in [7, 11) is 0. The monoisotopic (exact) mass is 364 g/mol. The lowest BCUT2D eigenvalue weighted by Crippen LogP contribution is -2.16. The highest BCUT2D eigenvalue weighted by Gasteiger charge is 2.21. The number of aliphatic hydroxyl groups excluding tert-OH is 1. The third kappa shape index (κ3) is 3.80. The average Bonchev–Trinajstić information content (AvgIpc) is 2.72. The van der Waals surface area contributed by atoms with Crippen molar-refractivity contribution in [3.05, 3.63) is 83.7 Å². The zero-order valence-electron chi connectivity index (χ0n) is 14.4. The molecule has 0 amide bonds. The largest absolute Gasteiger partial charge is 0.486 e. The Kier molecular flexibility index (Phi) is 4.80. The Bertz CT molecular complexity index is 976. The van der Waals surface area contributed by atoms with Crippen molar-refractivity contribution in [3.63, 3.8) is 0 Å². The van der Waals surface area contributed by atoms with E-state index in [2.05, 4.69) is 10.2 Å². The van der Waals surface area contributed by atoms with Crippen LogP contribution in [0.25, 0.3) is 0 Å². The van der Waals surface area contributed by atoms with Gasteiger partial charge in [-0.15, -0.1) is 0 Å². The number of rotatable bonds is 4. The first-order valence-corrected chi connectivity index (χ1v) is 8.54. The molecule has 0 bridgehead atoms. The molecule has 1 aliphatic rings. The fourth-order valence-electron chi connectivity index (χ4n) is 2.86. The summed E-state index contributed by atoms with van der Waals surface area (Å²) in [6.07, 6.45) is -1.08. The van der Waals surface area contributed by atoms with E-state index in [1.807, 2.05) is 30.3 Å². The van der Waals surface area contributed by atoms with E-state index in [1.54, 1.807) is 24.3 Å². The van der Waals surface area contributed by atoms with Crippen molar-refractivity contribution in [2.45, 2.75) is 6.10 Å². The molecule has 5 nitrogen and oxygen atoms in total. The van der Waals surface area contributed by atoms with Gasteiger partial charge in [0.1, 0.15) is 25.1 Å². The molecule has 1 heterocycles. The first-order valence-electron chi connectivity index (χ1n) is 8.54. The molecule has 0 unspecified atom stereocenters. The van der Waals surface area contributed by atoms with E-state index in [1.165, 1.54) is 12.1 Å². The number of nitrogens with zero attached hydrogens (tertiary/aromatic N) is 2. The van der Waals surface area contributed by atoms with Gasteiger partial charge in [-0.05, 0) is 35.9 Å². The van der Waals surface area contributed by atoms with Crippen LogP contribution in [0, 0.1) is 5.82 Å². The van der Waals surface area contributed by atoms with E-state index >= 15 is 0 Å². The van der Waals surface area contributed by atoms with Gasteiger partial charge in [0, 0.05) is 11.6 Å². The number of ether oxygens (including phenoxy) is 2. The molecule has 0 saturated heterocycles. The van der Waals surface area contributed by atoms with Gasteiger partial charge in [0.15, 0.2) is 11.5 Å². The molecular formula is C21H17FN2O3. The van der Waals surface area contributed by atoms with E-state index in [0.29, 0.717) is 47.2 Å². The van der Waals surface area contributed by atoms with Crippen LogP contribution in [0.3, 0.4) is 0 Å². The van der Waals surface area contributed by atoms with Gasteiger partial charge in [0.25, 0.3) is 0 Å². The Morgan fingerprint density at radius 3 is 2.33 bits per heavy atom. The van der Waals surface area contributed by atoms with Gasteiger partial charge in [-0.2, -0.15) is 10.2 Å². The van der Waals surface area contributed by atoms with Gasteiger partial charge >= 0.3 is 0 Å². The summed E-state index contributed by atoms with van der Waals surface area (Å²) in [5, 5.41) is 19.3. The summed E-state index contributed by atoms with van der Waals surface area (Å²) in [4.78, 5) is 0. The molecule has 1 N–H and O–H groups in total. The van der Waals surface area contributed by atoms with Crippen LogP contribution in [0.5, 0.6) is 11.5 Å². The standard InChI is InChI=1S/C21H17FN2O3/c22-15-6-4-5-14(11-15)21(25)17-12-19-20(27-10-9-26-19)13-18(17)24-23-16-7-2-1-3-8-16/h1-8,11-13,21,25H,9-10H2/t21-/m1/s1. The minimum absolute atomic E-state index is 0.419. The van der Waals surface area contributed by atoms with Gasteiger partial charge in [0.05, 0.1) is 11.4 Å². The summed E-state index contributed by atoms with van der Waals surface area (Å²) in [5.74, 6) is 0.639. The van der Waals surface area contributed by atoms with Crippen LogP contribution in [-0.4, -0.2) is 18.3 Å². The maximum atomic E-state index is 13.6.